The van der Waals surface area contributed by atoms with Gasteiger partial charge in [-0.05, 0) is 26.3 Å². The van der Waals surface area contributed by atoms with Crippen LogP contribution in [0, 0.1) is 11.3 Å². The summed E-state index contributed by atoms with van der Waals surface area (Å²) >= 11 is 0. The Balaban J connectivity index is 1.63. The monoisotopic (exact) mass is 390 g/mol. The van der Waals surface area contributed by atoms with Crippen LogP contribution in [0.25, 0.3) is 0 Å². The third-order valence-corrected chi connectivity index (χ3v) is 5.15. The van der Waals surface area contributed by atoms with E-state index < -0.39 is 29.2 Å². The van der Waals surface area contributed by atoms with Crippen molar-refractivity contribution in [2.45, 2.75) is 33.0 Å². The third kappa shape index (κ3) is 4.05. The molecule has 0 aliphatic carbocycles. The van der Waals surface area contributed by atoms with Crippen LogP contribution in [0.3, 0.4) is 0 Å². The second-order valence-electron chi connectivity index (χ2n) is 8.44. The van der Waals surface area contributed by atoms with Crippen LogP contribution in [0.4, 0.5) is 9.59 Å². The molecule has 8 nitrogen and oxygen atoms in total. The van der Waals surface area contributed by atoms with Gasteiger partial charge in [-0.15, -0.1) is 0 Å². The summed E-state index contributed by atoms with van der Waals surface area (Å²) in [5.41, 5.74) is -0.986. The van der Waals surface area contributed by atoms with Crippen LogP contribution in [0.5, 0.6) is 0 Å². The molecule has 0 radical (unpaired) electrons. The zero-order valence-corrected chi connectivity index (χ0v) is 16.4. The van der Waals surface area contributed by atoms with Gasteiger partial charge in [-0.3, -0.25) is 4.79 Å². The summed E-state index contributed by atoms with van der Waals surface area (Å²) < 4.78 is 10.7. The largest absolute Gasteiger partial charge is 0.481 e. The maximum Gasteiger partial charge on any atom is 0.410 e. The van der Waals surface area contributed by atoms with Crippen LogP contribution >= 0.6 is 0 Å². The maximum atomic E-state index is 12.4. The van der Waals surface area contributed by atoms with Crippen molar-refractivity contribution in [2.24, 2.45) is 11.3 Å². The zero-order valence-electron chi connectivity index (χ0n) is 16.4. The molecular formula is C20H26N2O6. The molecule has 2 saturated heterocycles. The van der Waals surface area contributed by atoms with Gasteiger partial charge in [0, 0.05) is 32.1 Å². The van der Waals surface area contributed by atoms with Crippen LogP contribution in [-0.2, 0) is 20.9 Å². The average Bonchev–Trinajstić information content (AvgIpc) is 3.15. The Bertz CT molecular complexity index is 760. The minimum atomic E-state index is -1.19. The first kappa shape index (κ1) is 20.0. The first-order valence-electron chi connectivity index (χ1n) is 9.28. The highest BCUT2D eigenvalue weighted by Gasteiger charge is 2.60. The quantitative estimate of drug-likeness (QED) is 0.852. The van der Waals surface area contributed by atoms with Gasteiger partial charge >= 0.3 is 18.2 Å². The Morgan fingerprint density at radius 3 is 2.14 bits per heavy atom. The molecule has 2 aliphatic rings. The van der Waals surface area contributed by atoms with E-state index in [1.807, 2.05) is 30.3 Å². The minimum absolute atomic E-state index is 0.0138. The number of carboxylic acid groups (broad SMARTS) is 1. The molecule has 2 aliphatic heterocycles. The minimum Gasteiger partial charge on any atom is -0.481 e. The first-order valence-corrected chi connectivity index (χ1v) is 9.28. The molecule has 28 heavy (non-hydrogen) atoms. The Hall–Kier alpha value is -2.77. The molecule has 1 aromatic rings. The fraction of sp³-hybridized carbons (Fsp3) is 0.550. The highest BCUT2D eigenvalue weighted by Crippen LogP contribution is 2.43. The molecule has 2 fully saturated rings. The lowest BCUT2D eigenvalue weighted by molar-refractivity contribution is -0.148. The highest BCUT2D eigenvalue weighted by molar-refractivity contribution is 5.81. The number of carbonyl (C=O) groups is 3. The Morgan fingerprint density at radius 1 is 1.07 bits per heavy atom. The summed E-state index contributed by atoms with van der Waals surface area (Å²) in [4.78, 5) is 39.7. The Morgan fingerprint density at radius 2 is 1.64 bits per heavy atom. The van der Waals surface area contributed by atoms with Crippen molar-refractivity contribution in [1.29, 1.82) is 0 Å². The van der Waals surface area contributed by atoms with Crippen LogP contribution in [-0.4, -0.2) is 64.8 Å². The van der Waals surface area contributed by atoms with E-state index in [2.05, 4.69) is 0 Å². The number of carbonyl (C=O) groups excluding carboxylic acids is 2. The number of hydrogen-bond acceptors (Lipinski definition) is 5. The standard InChI is InChI=1S/C20H26N2O6/c1-19(2,3)28-18(26)22-10-15-9-21(12-20(15,13-22)16(23)24)17(25)27-11-14-7-5-4-6-8-14/h4-8,15H,9-13H2,1-3H3,(H,23,24)/t15-,20-/m1/s1. The average molecular weight is 390 g/mol. The molecular weight excluding hydrogens is 364 g/mol. The predicted octanol–water partition coefficient (Wildman–Crippen LogP) is 2.58. The Kier molecular flexibility index (Phi) is 5.23. The molecule has 152 valence electrons. The maximum absolute atomic E-state index is 12.4. The number of ether oxygens (including phenoxy) is 2. The second kappa shape index (κ2) is 7.33. The number of carboxylic acids is 1. The van der Waals surface area contributed by atoms with Crippen molar-refractivity contribution >= 4 is 18.2 Å². The van der Waals surface area contributed by atoms with E-state index in [4.69, 9.17) is 9.47 Å². The molecule has 0 unspecified atom stereocenters. The van der Waals surface area contributed by atoms with Crippen LogP contribution < -0.4 is 0 Å². The molecule has 2 atom stereocenters. The van der Waals surface area contributed by atoms with Gasteiger partial charge in [-0.25, -0.2) is 9.59 Å². The van der Waals surface area contributed by atoms with Gasteiger partial charge < -0.3 is 24.4 Å². The van der Waals surface area contributed by atoms with E-state index in [-0.39, 0.29) is 38.7 Å². The molecule has 0 spiro atoms. The molecule has 1 aromatic carbocycles. The molecule has 0 saturated carbocycles. The van der Waals surface area contributed by atoms with Gasteiger partial charge in [-0.1, -0.05) is 30.3 Å². The highest BCUT2D eigenvalue weighted by atomic mass is 16.6. The summed E-state index contributed by atoms with van der Waals surface area (Å²) in [6.45, 7) is 5.93. The van der Waals surface area contributed by atoms with Crippen LogP contribution in [0.2, 0.25) is 0 Å². The normalized spacial score (nSPS) is 24.0. The summed E-state index contributed by atoms with van der Waals surface area (Å²) in [7, 11) is 0. The van der Waals surface area contributed by atoms with Crippen molar-refractivity contribution in [3.63, 3.8) is 0 Å². The van der Waals surface area contributed by atoms with E-state index >= 15 is 0 Å². The Labute approximate surface area is 164 Å². The summed E-state index contributed by atoms with van der Waals surface area (Å²) in [5.74, 6) is -1.37. The molecule has 0 aromatic heterocycles. The third-order valence-electron chi connectivity index (χ3n) is 5.15. The number of likely N-dealkylation sites (tertiary alicyclic amines) is 2. The van der Waals surface area contributed by atoms with Crippen molar-refractivity contribution in [3.05, 3.63) is 35.9 Å². The number of benzene rings is 1. The molecule has 3 rings (SSSR count). The fourth-order valence-electron chi connectivity index (χ4n) is 3.78. The van der Waals surface area contributed by atoms with Crippen molar-refractivity contribution in [1.82, 2.24) is 9.80 Å². The number of rotatable bonds is 3. The SMILES string of the molecule is CC(C)(C)OC(=O)N1C[C@H]2CN(C(=O)OCc3ccccc3)C[C@@]2(C(=O)O)C1. The number of fused-ring (bicyclic) bond motifs is 1. The van der Waals surface area contributed by atoms with Gasteiger partial charge in [0.2, 0.25) is 0 Å². The van der Waals surface area contributed by atoms with Crippen molar-refractivity contribution in [3.8, 4) is 0 Å². The molecule has 2 amide bonds. The van der Waals surface area contributed by atoms with Gasteiger partial charge in [-0.2, -0.15) is 0 Å². The van der Waals surface area contributed by atoms with Gasteiger partial charge in [0.05, 0.1) is 0 Å². The molecule has 2 heterocycles. The summed E-state index contributed by atoms with van der Waals surface area (Å²) in [6.07, 6.45) is -1.07. The van der Waals surface area contributed by atoms with E-state index in [0.29, 0.717) is 0 Å². The number of amides is 2. The molecule has 0 bridgehead atoms. The smallest absolute Gasteiger partial charge is 0.410 e. The van der Waals surface area contributed by atoms with E-state index in [0.717, 1.165) is 5.56 Å². The lowest BCUT2D eigenvalue weighted by atomic mass is 9.81. The van der Waals surface area contributed by atoms with Crippen molar-refractivity contribution in [2.75, 3.05) is 26.2 Å². The van der Waals surface area contributed by atoms with E-state index in [1.165, 1.54) is 9.80 Å². The molecule has 8 heteroatoms. The van der Waals surface area contributed by atoms with E-state index in [9.17, 15) is 19.5 Å². The number of hydrogen-bond donors (Lipinski definition) is 1. The second-order valence-corrected chi connectivity index (χ2v) is 8.44. The summed E-state index contributed by atoms with van der Waals surface area (Å²) in [5, 5.41) is 9.86. The van der Waals surface area contributed by atoms with E-state index in [1.54, 1.807) is 20.8 Å². The first-order chi connectivity index (χ1) is 13.1. The van der Waals surface area contributed by atoms with Crippen molar-refractivity contribution < 1.29 is 29.0 Å². The zero-order chi connectivity index (χ0) is 20.5. The number of aliphatic carboxylic acids is 1. The fourth-order valence-corrected chi connectivity index (χ4v) is 3.78. The predicted molar refractivity (Wildman–Crippen MR) is 99.6 cm³/mol. The van der Waals surface area contributed by atoms with Crippen LogP contribution in [0.1, 0.15) is 26.3 Å². The van der Waals surface area contributed by atoms with Gasteiger partial charge in [0.25, 0.3) is 0 Å². The lowest BCUT2D eigenvalue weighted by Gasteiger charge is -2.27. The summed E-state index contributed by atoms with van der Waals surface area (Å²) in [6, 6.07) is 9.29. The molecule has 1 N–H and O–H groups in total. The van der Waals surface area contributed by atoms with Gasteiger partial charge in [0.1, 0.15) is 17.6 Å². The van der Waals surface area contributed by atoms with Gasteiger partial charge in [0.15, 0.2) is 0 Å². The topological polar surface area (TPSA) is 96.4 Å². The van der Waals surface area contributed by atoms with Crippen LogP contribution in [0.15, 0.2) is 30.3 Å². The number of nitrogens with zero attached hydrogens (tertiary/aromatic N) is 2. The lowest BCUT2D eigenvalue weighted by Crippen LogP contribution is -2.44.